The number of ether oxygens (including phenoxy) is 2. The van der Waals surface area contributed by atoms with E-state index in [1.165, 1.54) is 28.7 Å². The van der Waals surface area contributed by atoms with E-state index in [0.29, 0.717) is 35.4 Å². The molecule has 0 amide bonds. The Balaban J connectivity index is 0.00000154. The summed E-state index contributed by atoms with van der Waals surface area (Å²) in [4.78, 5) is 36.4. The number of aromatic nitrogens is 3. The smallest absolute Gasteiger partial charge is 0.416 e. The fraction of sp³-hybridized carbons (Fsp3) is 0.387. The molecule has 0 aliphatic carbocycles. The van der Waals surface area contributed by atoms with Crippen LogP contribution in [-0.2, 0) is 31.8 Å². The Hall–Kier alpha value is -4.94. The van der Waals surface area contributed by atoms with E-state index in [1.54, 1.807) is 25.1 Å². The molecule has 1 saturated heterocycles. The highest BCUT2D eigenvalue weighted by molar-refractivity contribution is 5.93. The van der Waals surface area contributed by atoms with Gasteiger partial charge in [0.05, 0.1) is 63.2 Å². The highest BCUT2D eigenvalue weighted by Crippen LogP contribution is 2.44. The first-order valence-corrected chi connectivity index (χ1v) is 14.2. The average molecular weight is 643 g/mol. The van der Waals surface area contributed by atoms with Gasteiger partial charge in [-0.1, -0.05) is 12.1 Å². The molecule has 1 aromatic heterocycles. The van der Waals surface area contributed by atoms with Crippen molar-refractivity contribution in [2.24, 2.45) is 0 Å². The third-order valence-electron chi connectivity index (χ3n) is 8.30. The summed E-state index contributed by atoms with van der Waals surface area (Å²) >= 11 is 0. The van der Waals surface area contributed by atoms with Crippen molar-refractivity contribution in [2.75, 3.05) is 39.3 Å². The molecule has 1 N–H and O–H groups in total. The summed E-state index contributed by atoms with van der Waals surface area (Å²) in [6, 6.07) is 11.1. The SMILES string of the molecule is COC(=O)C1=C(C)N(c2cccc(C(F)(F)F)c2)c2n[nH]c(=O)n2C1c1ccc(C#N)cc1C[N+](C)(C)C1CCOCC1.O=C[O-]. The second-order valence-corrected chi connectivity index (χ2v) is 11.4. The van der Waals surface area contributed by atoms with Gasteiger partial charge in [-0.25, -0.2) is 19.3 Å². The minimum atomic E-state index is -4.62. The van der Waals surface area contributed by atoms with Gasteiger partial charge < -0.3 is 23.9 Å². The number of allylic oxidation sites excluding steroid dienone is 1. The average Bonchev–Trinajstić information content (AvgIpc) is 3.41. The van der Waals surface area contributed by atoms with Gasteiger partial charge in [0, 0.05) is 36.3 Å². The summed E-state index contributed by atoms with van der Waals surface area (Å²) in [6.45, 7) is 2.84. The highest BCUT2D eigenvalue weighted by atomic mass is 19.4. The second-order valence-electron chi connectivity index (χ2n) is 11.4. The van der Waals surface area contributed by atoms with Crippen molar-refractivity contribution in [3.8, 4) is 6.07 Å². The van der Waals surface area contributed by atoms with Gasteiger partial charge in [-0.2, -0.15) is 18.4 Å². The summed E-state index contributed by atoms with van der Waals surface area (Å²) in [5.74, 6) is -0.750. The van der Waals surface area contributed by atoms with Crippen LogP contribution in [0, 0.1) is 11.3 Å². The number of esters is 1. The monoisotopic (exact) mass is 642 g/mol. The third-order valence-corrected chi connectivity index (χ3v) is 8.30. The van der Waals surface area contributed by atoms with E-state index < -0.39 is 35.9 Å². The zero-order chi connectivity index (χ0) is 33.8. The lowest BCUT2D eigenvalue weighted by Crippen LogP contribution is -2.50. The zero-order valence-corrected chi connectivity index (χ0v) is 25.6. The van der Waals surface area contributed by atoms with Crippen LogP contribution in [0.15, 0.2) is 58.5 Å². The second kappa shape index (κ2) is 13.6. The van der Waals surface area contributed by atoms with Crippen LogP contribution in [0.25, 0.3) is 0 Å². The molecular formula is C31H33F3N6O6. The van der Waals surface area contributed by atoms with Gasteiger partial charge in [-0.15, -0.1) is 5.10 Å². The number of nitriles is 1. The Morgan fingerprint density at radius 3 is 2.52 bits per heavy atom. The van der Waals surface area contributed by atoms with Crippen LogP contribution in [0.5, 0.6) is 0 Å². The molecule has 46 heavy (non-hydrogen) atoms. The largest absolute Gasteiger partial charge is 0.554 e. The Bertz CT molecular complexity index is 1730. The number of fused-ring (bicyclic) bond motifs is 1. The molecule has 1 fully saturated rings. The molecule has 2 aliphatic rings. The molecule has 2 aliphatic heterocycles. The highest BCUT2D eigenvalue weighted by Gasteiger charge is 2.42. The lowest BCUT2D eigenvalue weighted by molar-refractivity contribution is -0.929. The summed E-state index contributed by atoms with van der Waals surface area (Å²) in [6.07, 6.45) is -2.91. The number of methoxy groups -OCH3 is 1. The van der Waals surface area contributed by atoms with E-state index in [0.717, 1.165) is 30.5 Å². The van der Waals surface area contributed by atoms with Crippen LogP contribution < -0.4 is 15.7 Å². The van der Waals surface area contributed by atoms with Gasteiger partial charge in [0.25, 0.3) is 0 Å². The summed E-state index contributed by atoms with van der Waals surface area (Å²) in [5, 5.41) is 24.6. The first kappa shape index (κ1) is 33.9. The minimum Gasteiger partial charge on any atom is -0.554 e. The van der Waals surface area contributed by atoms with Gasteiger partial charge in [-0.05, 0) is 42.8 Å². The first-order valence-electron chi connectivity index (χ1n) is 14.2. The van der Waals surface area contributed by atoms with Crippen molar-refractivity contribution in [3.63, 3.8) is 0 Å². The number of nitrogens with one attached hydrogen (secondary N) is 1. The summed E-state index contributed by atoms with van der Waals surface area (Å²) < 4.78 is 53.5. The minimum absolute atomic E-state index is 0.00738. The number of anilines is 2. The molecule has 12 nitrogen and oxygen atoms in total. The van der Waals surface area contributed by atoms with Crippen molar-refractivity contribution in [2.45, 2.75) is 44.6 Å². The molecule has 5 rings (SSSR count). The molecule has 1 unspecified atom stereocenters. The normalized spacial score (nSPS) is 17.0. The predicted octanol–water partition coefficient (Wildman–Crippen LogP) is 2.77. The van der Waals surface area contributed by atoms with Crippen molar-refractivity contribution < 1.29 is 41.8 Å². The van der Waals surface area contributed by atoms with Crippen molar-refractivity contribution in [1.82, 2.24) is 14.8 Å². The number of aromatic amines is 1. The molecule has 0 radical (unpaired) electrons. The van der Waals surface area contributed by atoms with Crippen LogP contribution in [0.3, 0.4) is 0 Å². The van der Waals surface area contributed by atoms with Crippen LogP contribution in [-0.4, -0.2) is 72.1 Å². The third kappa shape index (κ3) is 6.68. The van der Waals surface area contributed by atoms with Gasteiger partial charge in [0.1, 0.15) is 12.6 Å². The van der Waals surface area contributed by atoms with Crippen molar-refractivity contribution in [1.29, 1.82) is 5.26 Å². The standard InChI is InChI=1S/C30H31F3N6O4.CH2O2/c1-18-25(27(40)42-4)26(24-9-8-19(16-34)14-20(24)17-39(2,3)23-10-12-43-13-11-23)38-28(35-36-29(38)41)37(18)22-7-5-6-21(15-22)30(31,32)33;2-1-3/h5-9,14-15,23,26H,10-13,17H2,1-4H3;1H,(H,2,3). The number of nitrogens with zero attached hydrogens (tertiary/aromatic N) is 5. The molecule has 3 heterocycles. The Morgan fingerprint density at radius 1 is 1.24 bits per heavy atom. The Kier molecular flexibility index (Phi) is 10.0. The number of carbonyl (C=O) groups is 2. The number of quaternary nitrogens is 1. The maximum Gasteiger partial charge on any atom is 0.416 e. The maximum atomic E-state index is 13.6. The molecule has 2 aromatic carbocycles. The Labute approximate surface area is 262 Å². The molecule has 0 spiro atoms. The maximum absolute atomic E-state index is 13.6. The van der Waals surface area contributed by atoms with E-state index in [1.807, 2.05) is 0 Å². The lowest BCUT2D eigenvalue weighted by atomic mass is 9.89. The molecule has 0 bridgehead atoms. The first-order chi connectivity index (χ1) is 21.8. The number of benzene rings is 2. The van der Waals surface area contributed by atoms with E-state index in [4.69, 9.17) is 19.4 Å². The van der Waals surface area contributed by atoms with Gasteiger partial charge in [-0.3, -0.25) is 4.90 Å². The number of halogens is 3. The van der Waals surface area contributed by atoms with Gasteiger partial charge >= 0.3 is 17.8 Å². The number of carboxylic acid groups (broad SMARTS) is 1. The number of hydrogen-bond acceptors (Lipinski definition) is 9. The predicted molar refractivity (Wildman–Crippen MR) is 156 cm³/mol. The van der Waals surface area contributed by atoms with Crippen molar-refractivity contribution >= 4 is 24.1 Å². The summed E-state index contributed by atoms with van der Waals surface area (Å²) in [5.41, 5.74) is 0.518. The molecule has 0 saturated carbocycles. The summed E-state index contributed by atoms with van der Waals surface area (Å²) in [7, 11) is 5.38. The molecule has 244 valence electrons. The molecule has 1 atom stereocenters. The van der Waals surface area contributed by atoms with E-state index >= 15 is 0 Å². The van der Waals surface area contributed by atoms with Crippen LogP contribution >= 0.6 is 0 Å². The topological polar surface area (TPSA) is 153 Å². The zero-order valence-electron chi connectivity index (χ0n) is 25.6. The van der Waals surface area contributed by atoms with Crippen molar-refractivity contribution in [3.05, 3.63) is 86.5 Å². The van der Waals surface area contributed by atoms with E-state index in [2.05, 4.69) is 30.4 Å². The molecule has 3 aromatic rings. The van der Waals surface area contributed by atoms with Crippen LogP contribution in [0.4, 0.5) is 24.8 Å². The number of rotatable bonds is 6. The van der Waals surface area contributed by atoms with Gasteiger partial charge in [0.2, 0.25) is 5.95 Å². The number of alkyl halides is 3. The number of carbonyl (C=O) groups excluding carboxylic acids is 2. The van der Waals surface area contributed by atoms with Crippen LogP contribution in [0.2, 0.25) is 0 Å². The fourth-order valence-electron chi connectivity index (χ4n) is 6.11. The van der Waals surface area contributed by atoms with E-state index in [-0.39, 0.29) is 28.9 Å². The van der Waals surface area contributed by atoms with E-state index in [9.17, 15) is 28.0 Å². The number of H-pyrrole nitrogens is 1. The lowest BCUT2D eigenvalue weighted by Gasteiger charge is -2.41. The molecule has 15 heteroatoms. The van der Waals surface area contributed by atoms with Gasteiger partial charge in [0.15, 0.2) is 0 Å². The fourth-order valence-corrected chi connectivity index (χ4v) is 6.11. The quantitative estimate of drug-likeness (QED) is 0.243. The molecular weight excluding hydrogens is 609 g/mol. The number of hydrogen-bond donors (Lipinski definition) is 1. The van der Waals surface area contributed by atoms with Crippen LogP contribution in [0.1, 0.15) is 48.1 Å². The Morgan fingerprint density at radius 2 is 1.91 bits per heavy atom.